The Labute approximate surface area is 258 Å². The maximum atomic E-state index is 14.1. The lowest BCUT2D eigenvalue weighted by Gasteiger charge is -2.36. The van der Waals surface area contributed by atoms with Crippen LogP contribution in [-0.4, -0.2) is 81.8 Å². The molecule has 1 saturated heterocycles. The van der Waals surface area contributed by atoms with Crippen molar-refractivity contribution in [3.8, 4) is 5.88 Å². The monoisotopic (exact) mass is 620 g/mol. The van der Waals surface area contributed by atoms with Crippen LogP contribution in [-0.2, 0) is 19.2 Å². The van der Waals surface area contributed by atoms with E-state index in [2.05, 4.69) is 26.3 Å². The van der Waals surface area contributed by atoms with Crippen molar-refractivity contribution in [1.82, 2.24) is 31.2 Å². The van der Waals surface area contributed by atoms with Crippen LogP contribution in [0, 0.1) is 5.41 Å². The number of Topliss-reactive ketones (excluding diaryl/α,β-unsaturated/α-hetero) is 1. The zero-order valence-electron chi connectivity index (χ0n) is 26.1. The van der Waals surface area contributed by atoms with Crippen molar-refractivity contribution in [2.45, 2.75) is 116 Å². The molecule has 0 aromatic carbocycles. The van der Waals surface area contributed by atoms with Gasteiger partial charge in [-0.25, -0.2) is 9.78 Å². The normalized spacial score (nSPS) is 20.0. The molecule has 43 heavy (non-hydrogen) atoms. The Morgan fingerprint density at radius 3 is 2.28 bits per heavy atom. The predicted molar refractivity (Wildman–Crippen MR) is 161 cm³/mol. The van der Waals surface area contributed by atoms with Crippen LogP contribution in [0.15, 0.2) is 18.3 Å². The van der Waals surface area contributed by atoms with Gasteiger partial charge in [0.2, 0.25) is 23.5 Å². The molecule has 2 fully saturated rings. The van der Waals surface area contributed by atoms with Crippen molar-refractivity contribution >= 4 is 41.1 Å². The van der Waals surface area contributed by atoms with Gasteiger partial charge in [-0.15, -0.1) is 0 Å². The molecular weight excluding hydrogens is 576 g/mol. The first-order valence-electron chi connectivity index (χ1n) is 14.8. The maximum absolute atomic E-state index is 14.1. The van der Waals surface area contributed by atoms with E-state index in [4.69, 9.17) is 16.3 Å². The second-order valence-corrected chi connectivity index (χ2v) is 13.8. The van der Waals surface area contributed by atoms with E-state index in [1.54, 1.807) is 12.1 Å². The summed E-state index contributed by atoms with van der Waals surface area (Å²) in [5.41, 5.74) is -1.26. The average molecular weight is 621 g/mol. The fraction of sp³-hybridized carbons (Fsp3) is 0.667. The number of urea groups is 1. The maximum Gasteiger partial charge on any atom is 0.315 e. The van der Waals surface area contributed by atoms with Crippen LogP contribution in [0.2, 0.25) is 5.02 Å². The number of pyridine rings is 1. The highest BCUT2D eigenvalue weighted by Gasteiger charge is 2.46. The van der Waals surface area contributed by atoms with Crippen LogP contribution in [0.1, 0.15) is 80.6 Å². The molecule has 0 bridgehead atoms. The molecule has 4 N–H and O–H groups in total. The Hall–Kier alpha value is -3.41. The van der Waals surface area contributed by atoms with Gasteiger partial charge in [0, 0.05) is 30.3 Å². The summed E-state index contributed by atoms with van der Waals surface area (Å²) in [6.45, 7) is 12.8. The summed E-state index contributed by atoms with van der Waals surface area (Å²) in [7, 11) is 0. The number of ether oxygens (including phenoxy) is 1. The van der Waals surface area contributed by atoms with Gasteiger partial charge in [0.05, 0.1) is 17.6 Å². The molecule has 1 aliphatic carbocycles. The van der Waals surface area contributed by atoms with Crippen LogP contribution < -0.4 is 26.0 Å². The number of nitrogens with zero attached hydrogens (tertiary/aromatic N) is 2. The van der Waals surface area contributed by atoms with Gasteiger partial charge in [-0.2, -0.15) is 0 Å². The van der Waals surface area contributed by atoms with Crippen molar-refractivity contribution in [1.29, 1.82) is 0 Å². The van der Waals surface area contributed by atoms with Gasteiger partial charge in [0.25, 0.3) is 5.91 Å². The standard InChI is InChI=1S/C30H45ClN6O6/c1-8-9-20(23(38)26(40)33-18-11-12-18)34-25(39)21-14-19(43-22-13-10-17(31)15-32-22)16-37(21)27(41)24(29(2,3)4)35-28(42)36-30(5,6)7/h10,13,15,18-21,24H,8-9,11-12,14,16H2,1-7H3,(H,33,40)(H,34,39)(H2,35,36,42)/t19-,20+,21+,24-/m1/s1. The molecule has 0 unspecified atom stereocenters. The number of hydrogen-bond donors (Lipinski definition) is 4. The summed E-state index contributed by atoms with van der Waals surface area (Å²) >= 11 is 5.95. The lowest BCUT2D eigenvalue weighted by atomic mass is 9.85. The van der Waals surface area contributed by atoms with E-state index in [0.29, 0.717) is 11.4 Å². The van der Waals surface area contributed by atoms with E-state index in [-0.39, 0.29) is 31.3 Å². The molecule has 13 heteroatoms. The first-order chi connectivity index (χ1) is 20.0. The minimum Gasteiger partial charge on any atom is -0.472 e. The molecule has 4 atom stereocenters. The summed E-state index contributed by atoms with van der Waals surface area (Å²) in [5, 5.41) is 11.4. The Morgan fingerprint density at radius 1 is 1.07 bits per heavy atom. The molecule has 12 nitrogen and oxygen atoms in total. The fourth-order valence-corrected chi connectivity index (χ4v) is 4.88. The highest BCUT2D eigenvalue weighted by Crippen LogP contribution is 2.28. The average Bonchev–Trinajstić information content (AvgIpc) is 3.61. The Bertz CT molecular complexity index is 1190. The summed E-state index contributed by atoms with van der Waals surface area (Å²) in [5.74, 6) is -2.23. The molecule has 5 amide bonds. The van der Waals surface area contributed by atoms with Crippen LogP contribution in [0.25, 0.3) is 0 Å². The van der Waals surface area contributed by atoms with E-state index in [0.717, 1.165) is 12.8 Å². The number of ketones is 1. The molecule has 1 aliphatic heterocycles. The third-order valence-electron chi connectivity index (χ3n) is 7.06. The molecule has 0 radical (unpaired) electrons. The van der Waals surface area contributed by atoms with E-state index in [9.17, 15) is 24.0 Å². The largest absolute Gasteiger partial charge is 0.472 e. The van der Waals surface area contributed by atoms with Crippen molar-refractivity contribution in [2.75, 3.05) is 6.54 Å². The van der Waals surface area contributed by atoms with Crippen LogP contribution in [0.4, 0.5) is 4.79 Å². The Balaban J connectivity index is 1.86. The third-order valence-corrected chi connectivity index (χ3v) is 7.28. The van der Waals surface area contributed by atoms with E-state index in [1.165, 1.54) is 11.1 Å². The minimum atomic E-state index is -1.04. The van der Waals surface area contributed by atoms with E-state index >= 15 is 0 Å². The van der Waals surface area contributed by atoms with Crippen LogP contribution >= 0.6 is 11.6 Å². The SMILES string of the molecule is CCC[C@H](NC(=O)[C@@H]1C[C@@H](Oc2ccc(Cl)cn2)CN1C(=O)[C@@H](NC(=O)NC(C)(C)C)C(C)(C)C)C(=O)C(=O)NC1CC1. The molecule has 2 aliphatic rings. The molecule has 1 saturated carbocycles. The van der Waals surface area contributed by atoms with Crippen LogP contribution in [0.5, 0.6) is 5.88 Å². The van der Waals surface area contributed by atoms with Gasteiger partial charge in [-0.05, 0) is 51.5 Å². The summed E-state index contributed by atoms with van der Waals surface area (Å²) in [6, 6.07) is -0.376. The molecule has 238 valence electrons. The number of carbonyl (C=O) groups is 5. The summed E-state index contributed by atoms with van der Waals surface area (Å²) in [4.78, 5) is 71.7. The molecular formula is C30H45ClN6O6. The number of hydrogen-bond acceptors (Lipinski definition) is 7. The summed E-state index contributed by atoms with van der Waals surface area (Å²) < 4.78 is 6.02. The minimum absolute atomic E-state index is 0.00549. The van der Waals surface area contributed by atoms with Crippen LogP contribution in [0.3, 0.4) is 0 Å². The number of nitrogens with one attached hydrogen (secondary N) is 4. The number of likely N-dealkylation sites (tertiary alicyclic amines) is 1. The second-order valence-electron chi connectivity index (χ2n) is 13.4. The summed E-state index contributed by atoms with van der Waals surface area (Å²) in [6.07, 6.45) is 3.38. The number of aromatic nitrogens is 1. The first-order valence-corrected chi connectivity index (χ1v) is 15.2. The lowest BCUT2D eigenvalue weighted by Crippen LogP contribution is -2.61. The smallest absolute Gasteiger partial charge is 0.315 e. The molecule has 2 heterocycles. The number of rotatable bonds is 11. The van der Waals surface area contributed by atoms with Crippen molar-refractivity contribution in [3.05, 3.63) is 23.4 Å². The molecule has 1 aromatic heterocycles. The van der Waals surface area contributed by atoms with Gasteiger partial charge in [-0.3, -0.25) is 19.2 Å². The lowest BCUT2D eigenvalue weighted by molar-refractivity contribution is -0.144. The Morgan fingerprint density at radius 2 is 1.74 bits per heavy atom. The predicted octanol–water partition coefficient (Wildman–Crippen LogP) is 2.73. The number of amides is 5. The van der Waals surface area contributed by atoms with E-state index in [1.807, 2.05) is 48.5 Å². The number of carbonyl (C=O) groups excluding carboxylic acids is 5. The topological polar surface area (TPSA) is 159 Å². The highest BCUT2D eigenvalue weighted by molar-refractivity contribution is 6.38. The van der Waals surface area contributed by atoms with Gasteiger partial charge in [0.1, 0.15) is 18.2 Å². The van der Waals surface area contributed by atoms with Gasteiger partial charge in [-0.1, -0.05) is 45.7 Å². The fourth-order valence-electron chi connectivity index (χ4n) is 4.77. The second kappa shape index (κ2) is 13.9. The molecule has 1 aromatic rings. The first kappa shape index (κ1) is 34.1. The van der Waals surface area contributed by atoms with Gasteiger partial charge >= 0.3 is 6.03 Å². The van der Waals surface area contributed by atoms with Crippen molar-refractivity contribution < 1.29 is 28.7 Å². The zero-order valence-corrected chi connectivity index (χ0v) is 26.8. The van der Waals surface area contributed by atoms with Crippen molar-refractivity contribution in [2.24, 2.45) is 5.41 Å². The molecule has 3 rings (SSSR count). The third kappa shape index (κ3) is 10.1. The Kier molecular flexibility index (Phi) is 11.0. The zero-order chi connectivity index (χ0) is 32.1. The number of halogens is 1. The van der Waals surface area contributed by atoms with Gasteiger partial charge in [0.15, 0.2) is 0 Å². The van der Waals surface area contributed by atoms with E-state index < -0.39 is 64.7 Å². The van der Waals surface area contributed by atoms with Gasteiger partial charge < -0.3 is 30.9 Å². The highest BCUT2D eigenvalue weighted by atomic mass is 35.5. The quantitative estimate of drug-likeness (QED) is 0.277. The molecule has 0 spiro atoms. The van der Waals surface area contributed by atoms with Crippen molar-refractivity contribution in [3.63, 3.8) is 0 Å².